The lowest BCUT2D eigenvalue weighted by Gasteiger charge is -2.34. The van der Waals surface area contributed by atoms with Gasteiger partial charge < -0.3 is 66.6 Å². The number of anilines is 1. The van der Waals surface area contributed by atoms with Gasteiger partial charge in [-0.05, 0) is 80.9 Å². The van der Waals surface area contributed by atoms with Crippen LogP contribution < -0.4 is 21.1 Å². The summed E-state index contributed by atoms with van der Waals surface area (Å²) in [7, 11) is 0. The van der Waals surface area contributed by atoms with Crippen molar-refractivity contribution in [3.8, 4) is 5.69 Å². The van der Waals surface area contributed by atoms with E-state index in [1.54, 1.807) is 30.3 Å². The summed E-state index contributed by atoms with van der Waals surface area (Å²) in [5.74, 6) is -27.2. The van der Waals surface area contributed by atoms with Crippen LogP contribution in [0.25, 0.3) is 5.69 Å². The molecule has 3 aromatic rings. The fourth-order valence-electron chi connectivity index (χ4n) is 5.16. The molecule has 0 bridgehead atoms. The molecular formula is C48H42ClF30N5O22. The van der Waals surface area contributed by atoms with E-state index in [1.807, 2.05) is 6.07 Å². The summed E-state index contributed by atoms with van der Waals surface area (Å²) in [6.45, 7) is 3.34. The maximum Gasteiger partial charge on any atom is 0.490 e. The van der Waals surface area contributed by atoms with Crippen molar-refractivity contribution in [3.05, 3.63) is 87.3 Å². The maximum absolute atomic E-state index is 13.5. The zero-order chi connectivity index (χ0) is 85.7. The van der Waals surface area contributed by atoms with Crippen LogP contribution in [0.2, 0.25) is 5.02 Å². The highest BCUT2D eigenvalue weighted by Gasteiger charge is 2.44. The Kier molecular flexibility index (Phi) is 45.8. The smallest absolute Gasteiger partial charge is 0.475 e. The van der Waals surface area contributed by atoms with E-state index in [4.69, 9.17) is 111 Å². The van der Waals surface area contributed by atoms with Gasteiger partial charge in [-0.3, -0.25) is 9.59 Å². The lowest BCUT2D eigenvalue weighted by Crippen LogP contribution is -2.44. The van der Waals surface area contributed by atoms with Gasteiger partial charge in [0.15, 0.2) is 5.69 Å². The number of nitrogens with zero attached hydrogens (tertiary/aromatic N) is 3. The minimum atomic E-state index is -5.08. The van der Waals surface area contributed by atoms with Crippen molar-refractivity contribution in [1.29, 1.82) is 0 Å². The van der Waals surface area contributed by atoms with Crippen molar-refractivity contribution in [2.24, 2.45) is 5.92 Å². The summed E-state index contributed by atoms with van der Waals surface area (Å²) in [5.41, 5.74) is 2.58. The molecule has 0 unspecified atom stereocenters. The number of rotatable bonds is 6. The molecule has 58 heteroatoms. The number of hydrogen-bond acceptors (Lipinski definition) is 15. The van der Waals surface area contributed by atoms with Crippen molar-refractivity contribution in [1.82, 2.24) is 20.4 Å². The second-order valence-corrected chi connectivity index (χ2v) is 18.2. The molecule has 27 nitrogen and oxygen atoms in total. The summed E-state index contributed by atoms with van der Waals surface area (Å²) >= 11 is 6.03. The second kappa shape index (κ2) is 45.6. The topological polar surface area (TPSA) is 452 Å². The van der Waals surface area contributed by atoms with Gasteiger partial charge in [-0.25, -0.2) is 47.9 Å². The summed E-state index contributed by atoms with van der Waals surface area (Å²) in [5, 5.41) is 82.9. The fraction of sp³-hybridized carbons (Fsp3) is 0.438. The van der Waals surface area contributed by atoms with Crippen molar-refractivity contribution in [2.75, 3.05) is 31.1 Å². The highest BCUT2D eigenvalue weighted by Crippen LogP contribution is 2.28. The normalized spacial score (nSPS) is 13.3. The van der Waals surface area contributed by atoms with Crippen LogP contribution in [-0.2, 0) is 54.4 Å². The lowest BCUT2D eigenvalue weighted by atomic mass is 9.90. The average molecular weight is 1650 g/mol. The Morgan fingerprint density at radius 3 is 0.887 bits per heavy atom. The Morgan fingerprint density at radius 1 is 0.406 bits per heavy atom. The molecule has 1 amide bonds. The van der Waals surface area contributed by atoms with Crippen LogP contribution >= 0.6 is 11.6 Å². The van der Waals surface area contributed by atoms with Crippen LogP contribution in [0.5, 0.6) is 0 Å². The number of carbonyl (C=O) groups excluding carboxylic acids is 1. The number of amides is 1. The fourth-order valence-corrected chi connectivity index (χ4v) is 5.29. The molecule has 106 heavy (non-hydrogen) atoms. The SMILES string of the molecule is O=C(NC1CCNCC1)c1nn(-c2ccc(Cl)cc2)c(=O)cc1N1CCC(Cc2ccccc2)CC1.O=C(O)C(F)(F)F.O=C(O)C(F)(F)F.O=C(O)C(F)(F)F.O=C(O)C(F)(F)F.O=C(O)C(F)(F)F.O=C(O)C(F)(F)F.O=C(O)C(F)(F)F.O=C(O)C(F)(F)F.O=C(O)C(F)(F)F.O=C(O)C(F)(F)F. The number of aliphatic carboxylic acids is 10. The van der Waals surface area contributed by atoms with Crippen molar-refractivity contribution in [2.45, 2.75) is 99.9 Å². The number of carboxylic acids is 10. The van der Waals surface area contributed by atoms with Gasteiger partial charge in [0.1, 0.15) is 0 Å². The van der Waals surface area contributed by atoms with Gasteiger partial charge in [0.25, 0.3) is 11.5 Å². The number of halogens is 31. The van der Waals surface area contributed by atoms with Crippen LogP contribution in [0.15, 0.2) is 65.5 Å². The van der Waals surface area contributed by atoms with Crippen molar-refractivity contribution >= 4 is 82.9 Å². The predicted octanol–water partition coefficient (Wildman–Crippen LogP) is 10.2. The molecule has 2 saturated heterocycles. The van der Waals surface area contributed by atoms with E-state index in [9.17, 15) is 141 Å². The number of carboxylic acid groups (broad SMARTS) is 10. The first-order chi connectivity index (χ1) is 47.0. The van der Waals surface area contributed by atoms with Crippen LogP contribution in [0, 0.1) is 5.92 Å². The molecule has 2 aromatic carbocycles. The van der Waals surface area contributed by atoms with Crippen molar-refractivity contribution in [3.63, 3.8) is 0 Å². The monoisotopic (exact) mass is 1650 g/mol. The third-order valence-corrected chi connectivity index (χ3v) is 9.87. The van der Waals surface area contributed by atoms with Crippen LogP contribution in [0.4, 0.5) is 137 Å². The zero-order valence-electron chi connectivity index (χ0n) is 50.2. The molecule has 0 saturated carbocycles. The second-order valence-electron chi connectivity index (χ2n) is 17.8. The Morgan fingerprint density at radius 2 is 0.651 bits per heavy atom. The van der Waals surface area contributed by atoms with E-state index in [2.05, 4.69) is 44.9 Å². The highest BCUT2D eigenvalue weighted by atomic mass is 35.5. The van der Waals surface area contributed by atoms with Gasteiger partial charge in [-0.15, -0.1) is 0 Å². The van der Waals surface area contributed by atoms with Gasteiger partial charge in [-0.1, -0.05) is 41.9 Å². The highest BCUT2D eigenvalue weighted by molar-refractivity contribution is 6.30. The summed E-state index contributed by atoms with van der Waals surface area (Å²) in [6.07, 6.45) is -46.0. The third kappa shape index (κ3) is 54.1. The van der Waals surface area contributed by atoms with Gasteiger partial charge in [0, 0.05) is 30.2 Å². The molecule has 5 rings (SSSR count). The molecule has 0 atom stereocenters. The molecule has 608 valence electrons. The summed E-state index contributed by atoms with van der Waals surface area (Å²) in [6, 6.07) is 19.1. The van der Waals surface area contributed by atoms with E-state index >= 15 is 0 Å². The lowest BCUT2D eigenvalue weighted by molar-refractivity contribution is -0.193. The third-order valence-electron chi connectivity index (χ3n) is 9.62. The Bertz CT molecular complexity index is 2940. The molecule has 2 aliphatic heterocycles. The van der Waals surface area contributed by atoms with Crippen molar-refractivity contribution < 1.29 is 236 Å². The number of hydrogen-bond donors (Lipinski definition) is 12. The van der Waals surface area contributed by atoms with E-state index in [0.29, 0.717) is 28.0 Å². The molecule has 1 aromatic heterocycles. The number of alkyl halides is 30. The average Bonchev–Trinajstić information content (AvgIpc) is 0.783. The zero-order valence-corrected chi connectivity index (χ0v) is 51.0. The number of piperidine rings is 2. The van der Waals surface area contributed by atoms with E-state index < -0.39 is 121 Å². The molecule has 12 N–H and O–H groups in total. The quantitative estimate of drug-likeness (QED) is 0.102. The minimum Gasteiger partial charge on any atom is -0.475 e. The van der Waals surface area contributed by atoms with E-state index in [-0.39, 0.29) is 17.5 Å². The summed E-state index contributed by atoms with van der Waals surface area (Å²) in [4.78, 5) is 118. The van der Waals surface area contributed by atoms with Crippen LogP contribution in [-0.4, -0.2) is 220 Å². The van der Waals surface area contributed by atoms with Gasteiger partial charge in [-0.2, -0.15) is 141 Å². The predicted molar refractivity (Wildman–Crippen MR) is 280 cm³/mol. The first-order valence-electron chi connectivity index (χ1n) is 25.2. The molecule has 0 aliphatic carbocycles. The Hall–Kier alpha value is -10.6. The molecule has 0 spiro atoms. The first-order valence-corrected chi connectivity index (χ1v) is 25.6. The molecule has 3 heterocycles. The summed E-state index contributed by atoms with van der Waals surface area (Å²) < 4.78 is 319. The minimum absolute atomic E-state index is 0.0981. The number of nitrogens with one attached hydrogen (secondary N) is 2. The Labute approximate surface area is 568 Å². The molecule has 2 aliphatic rings. The molecule has 0 radical (unpaired) electrons. The first kappa shape index (κ1) is 106. The molecular weight excluding hydrogens is 1600 g/mol. The number of aromatic nitrogens is 2. The van der Waals surface area contributed by atoms with Crippen LogP contribution in [0.1, 0.15) is 41.7 Å². The van der Waals surface area contributed by atoms with Crippen LogP contribution in [0.3, 0.4) is 0 Å². The maximum atomic E-state index is 13.5. The molecule has 2 fully saturated rings. The number of carbonyl (C=O) groups is 11. The largest absolute Gasteiger partial charge is 0.490 e. The van der Waals surface area contributed by atoms with Gasteiger partial charge in [0.2, 0.25) is 0 Å². The van der Waals surface area contributed by atoms with Gasteiger partial charge >= 0.3 is 121 Å². The van der Waals surface area contributed by atoms with E-state index in [0.717, 1.165) is 58.3 Å². The van der Waals surface area contributed by atoms with E-state index in [1.165, 1.54) is 10.2 Å². The number of benzene rings is 2. The van der Waals surface area contributed by atoms with Gasteiger partial charge in [0.05, 0.1) is 11.4 Å². The Balaban J connectivity index is -0.000000294. The standard InChI is InChI=1S/C28H32ClN5O2.10C2HF3O2/c29-22-6-8-24(9-7-22)34-26(35)19-25(27(32-34)28(36)31-23-10-14-30-15-11-23)33-16-12-21(13-17-33)18-20-4-2-1-3-5-20;10*3-2(4,5)1(6)7/h1-9,19,21,23,30H,10-18H2,(H,31,36);10*(H,6,7).